The van der Waals surface area contributed by atoms with E-state index in [1.807, 2.05) is 43.3 Å². The van der Waals surface area contributed by atoms with Gasteiger partial charge in [-0.25, -0.2) is 4.98 Å². The van der Waals surface area contributed by atoms with Gasteiger partial charge >= 0.3 is 0 Å². The summed E-state index contributed by atoms with van der Waals surface area (Å²) in [6.45, 7) is 0.743. The normalized spacial score (nSPS) is 19.4. The molecule has 1 aliphatic carbocycles. The molecule has 1 saturated carbocycles. The number of aromatic nitrogens is 2. The lowest BCUT2D eigenvalue weighted by Gasteiger charge is -2.30. The molecule has 6 nitrogen and oxygen atoms in total. The van der Waals surface area contributed by atoms with Gasteiger partial charge in [0.25, 0.3) is 0 Å². The number of fused-ring (bicyclic) bond motifs is 1. The maximum atomic E-state index is 5.65. The second kappa shape index (κ2) is 9.02. The van der Waals surface area contributed by atoms with Gasteiger partial charge in [0.05, 0.1) is 16.5 Å². The number of benzene rings is 1. The number of nitrogens with zero attached hydrogens (tertiary/aromatic N) is 3. The van der Waals surface area contributed by atoms with Gasteiger partial charge in [-0.3, -0.25) is 0 Å². The molecule has 0 aliphatic heterocycles. The molecule has 29 heavy (non-hydrogen) atoms. The van der Waals surface area contributed by atoms with E-state index in [4.69, 9.17) is 14.4 Å². The standard InChI is InChI=1S/C21H25Br2N5O/c1-28(2)20-16-5-3-4-6-18(16)26-21(27-20)25-14-9-7-13(8-10-14)24-12-15-11-17(22)19(23)29-15/h3-6,11,13-14,24H,7-10,12H2,1-2H3,(H,25,26,27)/t13-,14+. The molecule has 0 saturated heterocycles. The van der Waals surface area contributed by atoms with E-state index in [0.717, 1.165) is 63.9 Å². The minimum atomic E-state index is 0.399. The summed E-state index contributed by atoms with van der Waals surface area (Å²) < 4.78 is 7.34. The van der Waals surface area contributed by atoms with Crippen LogP contribution in [0.15, 0.2) is 43.9 Å². The van der Waals surface area contributed by atoms with Crippen LogP contribution < -0.4 is 15.5 Å². The van der Waals surface area contributed by atoms with Crippen LogP contribution in [0.25, 0.3) is 10.9 Å². The Labute approximate surface area is 187 Å². The van der Waals surface area contributed by atoms with Crippen molar-refractivity contribution >= 4 is 54.5 Å². The van der Waals surface area contributed by atoms with Gasteiger partial charge in [0, 0.05) is 31.6 Å². The van der Waals surface area contributed by atoms with Crippen molar-refractivity contribution in [1.29, 1.82) is 0 Å². The first kappa shape index (κ1) is 20.6. The Hall–Kier alpha value is -1.64. The van der Waals surface area contributed by atoms with Gasteiger partial charge in [0.2, 0.25) is 5.95 Å². The van der Waals surface area contributed by atoms with Crippen LogP contribution in [-0.2, 0) is 6.54 Å². The number of hydrogen-bond donors (Lipinski definition) is 2. The lowest BCUT2D eigenvalue weighted by Crippen LogP contribution is -2.36. The first-order valence-corrected chi connectivity index (χ1v) is 11.5. The predicted molar refractivity (Wildman–Crippen MR) is 124 cm³/mol. The van der Waals surface area contributed by atoms with E-state index in [0.29, 0.717) is 18.0 Å². The number of hydrogen-bond acceptors (Lipinski definition) is 6. The molecule has 0 unspecified atom stereocenters. The molecular formula is C21H25Br2N5O. The molecule has 4 rings (SSSR count). The van der Waals surface area contributed by atoms with Crippen LogP contribution in [0.1, 0.15) is 31.4 Å². The van der Waals surface area contributed by atoms with E-state index >= 15 is 0 Å². The average molecular weight is 523 g/mol. The second-order valence-electron chi connectivity index (χ2n) is 7.69. The number of anilines is 2. The Kier molecular flexibility index (Phi) is 6.41. The highest BCUT2D eigenvalue weighted by Crippen LogP contribution is 2.28. The number of furan rings is 1. The molecule has 2 heterocycles. The van der Waals surface area contributed by atoms with E-state index < -0.39 is 0 Å². The largest absolute Gasteiger partial charge is 0.452 e. The van der Waals surface area contributed by atoms with Gasteiger partial charge in [0.15, 0.2) is 4.67 Å². The highest BCUT2D eigenvalue weighted by atomic mass is 79.9. The van der Waals surface area contributed by atoms with Crippen molar-refractivity contribution < 1.29 is 4.42 Å². The first-order valence-electron chi connectivity index (χ1n) is 9.87. The SMILES string of the molecule is CN(C)c1nc(N[C@H]2CC[C@@H](NCc3cc(Br)c(Br)o3)CC2)nc2ccccc12. The fourth-order valence-electron chi connectivity index (χ4n) is 3.81. The van der Waals surface area contributed by atoms with Crippen LogP contribution >= 0.6 is 31.9 Å². The van der Waals surface area contributed by atoms with Crippen molar-refractivity contribution in [3.63, 3.8) is 0 Å². The van der Waals surface area contributed by atoms with Crippen LogP contribution in [0, 0.1) is 0 Å². The minimum Gasteiger partial charge on any atom is -0.452 e. The zero-order chi connectivity index (χ0) is 20.4. The summed E-state index contributed by atoms with van der Waals surface area (Å²) in [5.74, 6) is 2.60. The molecule has 0 radical (unpaired) electrons. The number of nitrogens with one attached hydrogen (secondary N) is 2. The highest BCUT2D eigenvalue weighted by Gasteiger charge is 2.22. The average Bonchev–Trinajstić information content (AvgIpc) is 3.04. The first-order chi connectivity index (χ1) is 14.0. The fraction of sp³-hybridized carbons (Fsp3) is 0.429. The molecule has 0 atom stereocenters. The Bertz CT molecular complexity index is 963. The fourth-order valence-corrected chi connectivity index (χ4v) is 4.47. The van der Waals surface area contributed by atoms with Crippen molar-refractivity contribution in [2.24, 2.45) is 0 Å². The lowest BCUT2D eigenvalue weighted by molar-refractivity contribution is 0.338. The van der Waals surface area contributed by atoms with Gasteiger partial charge in [-0.05, 0) is 75.7 Å². The monoisotopic (exact) mass is 521 g/mol. The maximum Gasteiger partial charge on any atom is 0.225 e. The molecular weight excluding hydrogens is 498 g/mol. The quantitative estimate of drug-likeness (QED) is 0.456. The Morgan fingerprint density at radius 1 is 1.07 bits per heavy atom. The topological polar surface area (TPSA) is 66.2 Å². The predicted octanol–water partition coefficient (Wildman–Crippen LogP) is 5.33. The summed E-state index contributed by atoms with van der Waals surface area (Å²) in [4.78, 5) is 11.5. The second-order valence-corrected chi connectivity index (χ2v) is 9.27. The van der Waals surface area contributed by atoms with Gasteiger partial charge < -0.3 is 20.0 Å². The van der Waals surface area contributed by atoms with Crippen LogP contribution in [-0.4, -0.2) is 36.1 Å². The Morgan fingerprint density at radius 2 is 1.79 bits per heavy atom. The number of rotatable bonds is 6. The van der Waals surface area contributed by atoms with Crippen molar-refractivity contribution in [1.82, 2.24) is 15.3 Å². The molecule has 8 heteroatoms. The van der Waals surface area contributed by atoms with Crippen LogP contribution in [0.2, 0.25) is 0 Å². The Balaban J connectivity index is 1.34. The molecule has 154 valence electrons. The molecule has 2 aromatic heterocycles. The smallest absolute Gasteiger partial charge is 0.225 e. The van der Waals surface area contributed by atoms with E-state index in [1.54, 1.807) is 0 Å². The molecule has 0 spiro atoms. The summed E-state index contributed by atoms with van der Waals surface area (Å²) in [6.07, 6.45) is 4.43. The summed E-state index contributed by atoms with van der Waals surface area (Å²) in [5.41, 5.74) is 0.972. The summed E-state index contributed by atoms with van der Waals surface area (Å²) in [5, 5.41) is 8.25. The molecule has 1 aromatic carbocycles. The van der Waals surface area contributed by atoms with Crippen molar-refractivity contribution in [3.8, 4) is 0 Å². The van der Waals surface area contributed by atoms with E-state index in [9.17, 15) is 0 Å². The van der Waals surface area contributed by atoms with Crippen LogP contribution in [0.4, 0.5) is 11.8 Å². The molecule has 1 aliphatic rings. The number of halogens is 2. The van der Waals surface area contributed by atoms with Crippen molar-refractivity contribution in [2.45, 2.75) is 44.3 Å². The summed E-state index contributed by atoms with van der Waals surface area (Å²) in [6, 6.07) is 11.1. The van der Waals surface area contributed by atoms with Crippen molar-refractivity contribution in [3.05, 3.63) is 45.2 Å². The van der Waals surface area contributed by atoms with Crippen molar-refractivity contribution in [2.75, 3.05) is 24.3 Å². The Morgan fingerprint density at radius 3 is 2.48 bits per heavy atom. The van der Waals surface area contributed by atoms with Crippen LogP contribution in [0.5, 0.6) is 0 Å². The van der Waals surface area contributed by atoms with Gasteiger partial charge in [-0.1, -0.05) is 12.1 Å². The van der Waals surface area contributed by atoms with E-state index in [1.165, 1.54) is 0 Å². The zero-order valence-electron chi connectivity index (χ0n) is 16.6. The van der Waals surface area contributed by atoms with E-state index in [-0.39, 0.29) is 0 Å². The lowest BCUT2D eigenvalue weighted by atomic mass is 9.91. The molecule has 0 amide bonds. The summed E-state index contributed by atoms with van der Waals surface area (Å²) >= 11 is 6.84. The van der Waals surface area contributed by atoms with Gasteiger partial charge in [0.1, 0.15) is 11.6 Å². The third kappa shape index (κ3) is 4.92. The third-order valence-electron chi connectivity index (χ3n) is 5.33. The highest BCUT2D eigenvalue weighted by molar-refractivity contribution is 9.13. The number of para-hydroxylation sites is 1. The third-order valence-corrected chi connectivity index (χ3v) is 7.04. The molecule has 3 aromatic rings. The van der Waals surface area contributed by atoms with Gasteiger partial charge in [-0.15, -0.1) is 0 Å². The zero-order valence-corrected chi connectivity index (χ0v) is 19.8. The van der Waals surface area contributed by atoms with Crippen LogP contribution in [0.3, 0.4) is 0 Å². The summed E-state index contributed by atoms with van der Waals surface area (Å²) in [7, 11) is 4.04. The molecule has 0 bridgehead atoms. The molecule has 1 fully saturated rings. The maximum absolute atomic E-state index is 5.65. The van der Waals surface area contributed by atoms with E-state index in [2.05, 4.69) is 48.6 Å². The molecule has 2 N–H and O–H groups in total. The minimum absolute atomic E-state index is 0.399. The van der Waals surface area contributed by atoms with Gasteiger partial charge in [-0.2, -0.15) is 4.98 Å².